The third-order valence-corrected chi connectivity index (χ3v) is 7.21. The Morgan fingerprint density at radius 1 is 1.09 bits per heavy atom. The first-order valence-corrected chi connectivity index (χ1v) is 12.2. The van der Waals surface area contributed by atoms with Crippen LogP contribution >= 0.6 is 24.0 Å². The van der Waals surface area contributed by atoms with Crippen molar-refractivity contribution in [2.24, 2.45) is 0 Å². The van der Waals surface area contributed by atoms with Crippen LogP contribution in [0, 0.1) is 4.64 Å². The Hall–Kier alpha value is -2.67. The number of furan rings is 1. The van der Waals surface area contributed by atoms with Gasteiger partial charge in [-0.25, -0.2) is 0 Å². The largest absolute Gasteiger partial charge is 0.442 e. The van der Waals surface area contributed by atoms with E-state index in [1.54, 1.807) is 11.8 Å². The van der Waals surface area contributed by atoms with Crippen LogP contribution in [-0.4, -0.2) is 21.0 Å². The first-order chi connectivity index (χ1) is 15.7. The monoisotopic (exact) mass is 459 g/mol. The van der Waals surface area contributed by atoms with Crippen molar-refractivity contribution in [2.45, 2.75) is 36.7 Å². The molecule has 6 heteroatoms. The lowest BCUT2D eigenvalue weighted by Crippen LogP contribution is -2.29. The Morgan fingerprint density at radius 2 is 1.84 bits per heavy atom. The highest BCUT2D eigenvalue weighted by molar-refractivity contribution is 7.98. The van der Waals surface area contributed by atoms with Crippen LogP contribution in [0.3, 0.4) is 0 Å². The molecule has 0 aliphatic carbocycles. The van der Waals surface area contributed by atoms with Gasteiger partial charge in [-0.2, -0.15) is 4.98 Å². The van der Waals surface area contributed by atoms with Crippen LogP contribution in [0.15, 0.2) is 82.6 Å². The van der Waals surface area contributed by atoms with Crippen LogP contribution in [-0.2, 0) is 31.8 Å². The molecule has 0 radical (unpaired) electrons. The molecule has 4 nitrogen and oxygen atoms in total. The summed E-state index contributed by atoms with van der Waals surface area (Å²) < 4.78 is 9.14. The molecule has 0 bridgehead atoms. The molecule has 32 heavy (non-hydrogen) atoms. The molecule has 4 aromatic rings. The molecular formula is C26H25N3OS2. The minimum absolute atomic E-state index is 0.639. The van der Waals surface area contributed by atoms with Gasteiger partial charge in [-0.3, -0.25) is 4.90 Å². The van der Waals surface area contributed by atoms with E-state index in [4.69, 9.17) is 21.6 Å². The Morgan fingerprint density at radius 3 is 2.59 bits per heavy atom. The SMILES string of the molecule is C=CCn1c(CSc2ccccc2)nc2oc3c(c2c1=S)CN(Cc1ccccc1)CC3. The Labute approximate surface area is 197 Å². The van der Waals surface area contributed by atoms with E-state index in [9.17, 15) is 0 Å². The topological polar surface area (TPSA) is 34.2 Å². The lowest BCUT2D eigenvalue weighted by molar-refractivity contribution is 0.235. The summed E-state index contributed by atoms with van der Waals surface area (Å²) in [6.45, 7) is 7.30. The zero-order chi connectivity index (χ0) is 21.9. The lowest BCUT2D eigenvalue weighted by Gasteiger charge is -2.26. The first kappa shape index (κ1) is 21.2. The molecule has 0 saturated carbocycles. The van der Waals surface area contributed by atoms with Gasteiger partial charge in [-0.15, -0.1) is 18.3 Å². The van der Waals surface area contributed by atoms with E-state index in [1.165, 1.54) is 16.0 Å². The van der Waals surface area contributed by atoms with Gasteiger partial charge in [0.05, 0.1) is 11.1 Å². The molecule has 0 fully saturated rings. The van der Waals surface area contributed by atoms with Crippen LogP contribution in [0.25, 0.3) is 11.1 Å². The van der Waals surface area contributed by atoms with Gasteiger partial charge in [-0.05, 0) is 17.7 Å². The van der Waals surface area contributed by atoms with Crippen LogP contribution < -0.4 is 0 Å². The zero-order valence-electron chi connectivity index (χ0n) is 17.9. The van der Waals surface area contributed by atoms with Gasteiger partial charge in [0, 0.05) is 43.1 Å². The highest BCUT2D eigenvalue weighted by Gasteiger charge is 2.25. The molecule has 162 valence electrons. The highest BCUT2D eigenvalue weighted by Crippen LogP contribution is 2.32. The first-order valence-electron chi connectivity index (χ1n) is 10.8. The van der Waals surface area contributed by atoms with Crippen molar-refractivity contribution in [3.8, 4) is 0 Å². The summed E-state index contributed by atoms with van der Waals surface area (Å²) in [4.78, 5) is 8.59. The van der Waals surface area contributed by atoms with Gasteiger partial charge in [0.15, 0.2) is 0 Å². The summed E-state index contributed by atoms with van der Waals surface area (Å²) in [7, 11) is 0. The second kappa shape index (κ2) is 9.45. The van der Waals surface area contributed by atoms with Crippen LogP contribution in [0.4, 0.5) is 0 Å². The highest BCUT2D eigenvalue weighted by atomic mass is 32.2. The molecule has 5 rings (SSSR count). The maximum Gasteiger partial charge on any atom is 0.231 e. The molecular weight excluding hydrogens is 434 g/mol. The number of hydrogen-bond donors (Lipinski definition) is 0. The van der Waals surface area contributed by atoms with Gasteiger partial charge in [-0.1, -0.05) is 66.8 Å². The van der Waals surface area contributed by atoms with Gasteiger partial charge in [0.2, 0.25) is 5.71 Å². The Bertz CT molecular complexity index is 1300. The molecule has 0 amide bonds. The number of benzene rings is 2. The number of rotatable bonds is 7. The normalized spacial score (nSPS) is 13.9. The molecule has 3 heterocycles. The second-order valence-electron chi connectivity index (χ2n) is 7.96. The van der Waals surface area contributed by atoms with Crippen molar-refractivity contribution in [1.29, 1.82) is 0 Å². The van der Waals surface area contributed by atoms with Crippen molar-refractivity contribution >= 4 is 35.1 Å². The van der Waals surface area contributed by atoms with E-state index in [0.29, 0.717) is 12.3 Å². The van der Waals surface area contributed by atoms with E-state index in [0.717, 1.165) is 53.4 Å². The molecule has 1 aliphatic heterocycles. The fraction of sp³-hybridized carbons (Fsp3) is 0.231. The quantitative estimate of drug-likeness (QED) is 0.182. The fourth-order valence-corrected chi connectivity index (χ4v) is 5.48. The van der Waals surface area contributed by atoms with E-state index in [-0.39, 0.29) is 0 Å². The summed E-state index contributed by atoms with van der Waals surface area (Å²) in [5.41, 5.74) is 3.19. The number of aromatic nitrogens is 2. The number of hydrogen-bond acceptors (Lipinski definition) is 5. The molecule has 0 saturated heterocycles. The van der Waals surface area contributed by atoms with Gasteiger partial charge >= 0.3 is 0 Å². The lowest BCUT2D eigenvalue weighted by atomic mass is 10.1. The molecule has 0 unspecified atom stereocenters. The summed E-state index contributed by atoms with van der Waals surface area (Å²) in [6, 6.07) is 21.0. The zero-order valence-corrected chi connectivity index (χ0v) is 19.5. The van der Waals surface area contributed by atoms with Gasteiger partial charge in [0.25, 0.3) is 0 Å². The van der Waals surface area contributed by atoms with Crippen LogP contribution in [0.5, 0.6) is 0 Å². The minimum Gasteiger partial charge on any atom is -0.442 e. The number of fused-ring (bicyclic) bond motifs is 3. The minimum atomic E-state index is 0.639. The van der Waals surface area contributed by atoms with Crippen LogP contribution in [0.2, 0.25) is 0 Å². The summed E-state index contributed by atoms with van der Waals surface area (Å²) >= 11 is 7.73. The number of allylic oxidation sites excluding steroid dienone is 1. The van der Waals surface area contributed by atoms with E-state index in [1.807, 2.05) is 12.1 Å². The molecule has 0 spiro atoms. The van der Waals surface area contributed by atoms with Crippen molar-refractivity contribution in [2.75, 3.05) is 6.54 Å². The fourth-order valence-electron chi connectivity index (χ4n) is 4.23. The second-order valence-corrected chi connectivity index (χ2v) is 9.40. The van der Waals surface area contributed by atoms with E-state index in [2.05, 4.69) is 70.6 Å². The Kier molecular flexibility index (Phi) is 6.26. The van der Waals surface area contributed by atoms with E-state index < -0.39 is 0 Å². The van der Waals surface area contributed by atoms with Crippen molar-refractivity contribution in [3.63, 3.8) is 0 Å². The van der Waals surface area contributed by atoms with Gasteiger partial charge < -0.3 is 8.98 Å². The van der Waals surface area contributed by atoms with Crippen molar-refractivity contribution in [3.05, 3.63) is 101 Å². The van der Waals surface area contributed by atoms with E-state index >= 15 is 0 Å². The smallest absolute Gasteiger partial charge is 0.231 e. The van der Waals surface area contributed by atoms with Crippen molar-refractivity contribution in [1.82, 2.24) is 14.5 Å². The maximum absolute atomic E-state index is 6.24. The third-order valence-electron chi connectivity index (χ3n) is 5.78. The predicted octanol–water partition coefficient (Wildman–Crippen LogP) is 6.40. The standard InChI is InChI=1S/C26H25N3OS2/c1-2-14-29-23(18-32-20-11-7-4-8-12-20)27-25-24(26(29)31)21-17-28(15-13-22(21)30-25)16-19-9-5-3-6-10-19/h2-12H,1,13-18H2. The van der Waals surface area contributed by atoms with Crippen molar-refractivity contribution < 1.29 is 4.42 Å². The third kappa shape index (κ3) is 4.31. The molecule has 2 aromatic carbocycles. The summed E-state index contributed by atoms with van der Waals surface area (Å²) in [6.07, 6.45) is 2.76. The average molecular weight is 460 g/mol. The maximum atomic E-state index is 6.24. The predicted molar refractivity (Wildman–Crippen MR) is 133 cm³/mol. The molecule has 2 aromatic heterocycles. The molecule has 1 aliphatic rings. The van der Waals surface area contributed by atoms with Crippen LogP contribution in [0.1, 0.15) is 22.7 Å². The number of nitrogens with zero attached hydrogens (tertiary/aromatic N) is 3. The number of thioether (sulfide) groups is 1. The summed E-state index contributed by atoms with van der Waals surface area (Å²) in [5.74, 6) is 2.67. The molecule has 0 N–H and O–H groups in total. The average Bonchev–Trinajstić information content (AvgIpc) is 3.19. The van der Waals surface area contributed by atoms with Gasteiger partial charge in [0.1, 0.15) is 16.2 Å². The summed E-state index contributed by atoms with van der Waals surface area (Å²) in [5, 5.41) is 0.989. The Balaban J connectivity index is 1.48. The molecule has 0 atom stereocenters.